The molecule has 4 N–H and O–H groups in total. The van der Waals surface area contributed by atoms with Gasteiger partial charge in [0.15, 0.2) is 16.8 Å². The second kappa shape index (κ2) is 7.67. The van der Waals surface area contributed by atoms with Gasteiger partial charge in [-0.05, 0) is 42.5 Å². The number of anilines is 5. The van der Waals surface area contributed by atoms with E-state index < -0.39 is 11.7 Å². The number of thiazole rings is 1. The average molecular weight is 432 g/mol. The van der Waals surface area contributed by atoms with Crippen LogP contribution in [0.4, 0.5) is 41.3 Å². The zero-order chi connectivity index (χ0) is 21.3. The zero-order valence-corrected chi connectivity index (χ0v) is 16.3. The van der Waals surface area contributed by atoms with Gasteiger partial charge in [-0.25, -0.2) is 15.0 Å². The topological polar surface area (TPSA) is 98.0 Å². The number of aromatic nitrogens is 3. The maximum absolute atomic E-state index is 12.7. The van der Waals surface area contributed by atoms with E-state index in [1.54, 1.807) is 7.11 Å². The van der Waals surface area contributed by atoms with Crippen molar-refractivity contribution < 1.29 is 17.9 Å². The minimum atomic E-state index is -4.40. The normalized spacial score (nSPS) is 11.5. The van der Waals surface area contributed by atoms with Crippen LogP contribution in [0, 0.1) is 0 Å². The van der Waals surface area contributed by atoms with Crippen molar-refractivity contribution in [3.63, 3.8) is 0 Å². The van der Waals surface area contributed by atoms with E-state index in [2.05, 4.69) is 25.6 Å². The molecule has 30 heavy (non-hydrogen) atoms. The first-order valence-electron chi connectivity index (χ1n) is 8.60. The molecule has 0 saturated carbocycles. The monoisotopic (exact) mass is 432 g/mol. The number of hydrogen-bond acceptors (Lipinski definition) is 8. The zero-order valence-electron chi connectivity index (χ0n) is 15.5. The Morgan fingerprint density at radius 1 is 1.00 bits per heavy atom. The van der Waals surface area contributed by atoms with Crippen molar-refractivity contribution in [1.29, 1.82) is 0 Å². The summed E-state index contributed by atoms with van der Waals surface area (Å²) >= 11 is 1.40. The van der Waals surface area contributed by atoms with Gasteiger partial charge in [0.1, 0.15) is 17.8 Å². The maximum Gasteiger partial charge on any atom is 0.416 e. The van der Waals surface area contributed by atoms with Gasteiger partial charge in [0.25, 0.3) is 0 Å². The maximum atomic E-state index is 12.7. The molecule has 0 fully saturated rings. The molecule has 0 saturated heterocycles. The van der Waals surface area contributed by atoms with Gasteiger partial charge < -0.3 is 21.1 Å². The summed E-state index contributed by atoms with van der Waals surface area (Å²) in [4.78, 5) is 12.7. The van der Waals surface area contributed by atoms with Gasteiger partial charge in [0, 0.05) is 5.69 Å². The van der Waals surface area contributed by atoms with Crippen molar-refractivity contribution in [3.8, 4) is 5.75 Å². The summed E-state index contributed by atoms with van der Waals surface area (Å²) in [5, 5.41) is 6.53. The number of hydrogen-bond donors (Lipinski definition) is 3. The number of ether oxygens (including phenoxy) is 1. The Labute approximate surface area is 172 Å². The fourth-order valence-corrected chi connectivity index (χ4v) is 3.55. The van der Waals surface area contributed by atoms with Crippen LogP contribution in [0.1, 0.15) is 5.56 Å². The summed E-state index contributed by atoms with van der Waals surface area (Å²) in [6, 6.07) is 10.1. The van der Waals surface area contributed by atoms with Crippen LogP contribution in [0.15, 0.2) is 48.8 Å². The van der Waals surface area contributed by atoms with E-state index >= 15 is 0 Å². The predicted octanol–water partition coefficient (Wildman–Crippen LogP) is 5.18. The summed E-state index contributed by atoms with van der Waals surface area (Å²) in [5.41, 5.74) is 6.81. The van der Waals surface area contributed by atoms with Crippen LogP contribution in [-0.2, 0) is 6.18 Å². The number of methoxy groups -OCH3 is 1. The van der Waals surface area contributed by atoms with Crippen LogP contribution in [0.2, 0.25) is 0 Å². The molecule has 2 heterocycles. The number of nitrogens with zero attached hydrogens (tertiary/aromatic N) is 3. The van der Waals surface area contributed by atoms with E-state index in [1.165, 1.54) is 29.8 Å². The van der Waals surface area contributed by atoms with Crippen LogP contribution in [0.3, 0.4) is 0 Å². The van der Waals surface area contributed by atoms with Crippen molar-refractivity contribution in [3.05, 3.63) is 54.4 Å². The Hall–Kier alpha value is -3.60. The molecule has 2 aromatic heterocycles. The molecule has 0 spiro atoms. The lowest BCUT2D eigenvalue weighted by atomic mass is 10.2. The third kappa shape index (κ3) is 4.06. The molecule has 154 valence electrons. The fraction of sp³-hybridized carbons (Fsp3) is 0.105. The van der Waals surface area contributed by atoms with E-state index in [-0.39, 0.29) is 11.5 Å². The van der Waals surface area contributed by atoms with Crippen LogP contribution in [0.5, 0.6) is 5.75 Å². The van der Waals surface area contributed by atoms with Crippen LogP contribution >= 0.6 is 11.3 Å². The van der Waals surface area contributed by atoms with Crippen molar-refractivity contribution in [1.82, 2.24) is 15.0 Å². The second-order valence-corrected chi connectivity index (χ2v) is 7.19. The summed E-state index contributed by atoms with van der Waals surface area (Å²) in [5.74, 6) is 1.31. The molecule has 0 aliphatic rings. The lowest BCUT2D eigenvalue weighted by molar-refractivity contribution is -0.137. The van der Waals surface area contributed by atoms with Crippen molar-refractivity contribution >= 4 is 49.7 Å². The highest BCUT2D eigenvalue weighted by Crippen LogP contribution is 2.34. The molecular formula is C19H15F3N6OS. The third-order valence-corrected chi connectivity index (χ3v) is 5.11. The Kier molecular flexibility index (Phi) is 5.04. The van der Waals surface area contributed by atoms with E-state index in [0.717, 1.165) is 28.1 Å². The number of rotatable bonds is 5. The number of fused-ring (bicyclic) bond motifs is 1. The minimum Gasteiger partial charge on any atom is -0.497 e. The first kappa shape index (κ1) is 19.7. The highest BCUT2D eigenvalue weighted by molar-refractivity contribution is 7.22. The smallest absolute Gasteiger partial charge is 0.416 e. The lowest BCUT2D eigenvalue weighted by Gasteiger charge is -2.12. The third-order valence-electron chi connectivity index (χ3n) is 4.18. The summed E-state index contributed by atoms with van der Waals surface area (Å²) < 4.78 is 44.3. The Balaban J connectivity index is 1.56. The average Bonchev–Trinajstić information content (AvgIpc) is 3.12. The standard InChI is InChI=1S/C19H15F3N6OS/c1-29-12-6-7-13-14(8-12)30-18(27-13)28-17-15(23)16(24-9-25-17)26-11-4-2-10(3-5-11)19(20,21)22/h2-9H,23H2,1H3,(H2,24,25,26,27,28). The number of nitrogens with one attached hydrogen (secondary N) is 2. The molecule has 0 amide bonds. The van der Waals surface area contributed by atoms with Gasteiger partial charge in [-0.15, -0.1) is 0 Å². The predicted molar refractivity (Wildman–Crippen MR) is 111 cm³/mol. The van der Waals surface area contributed by atoms with Crippen molar-refractivity contribution in [2.45, 2.75) is 6.18 Å². The highest BCUT2D eigenvalue weighted by Gasteiger charge is 2.30. The van der Waals surface area contributed by atoms with Crippen LogP contribution in [-0.4, -0.2) is 22.1 Å². The summed E-state index contributed by atoms with van der Waals surface area (Å²) in [7, 11) is 1.59. The molecule has 0 unspecified atom stereocenters. The van der Waals surface area contributed by atoms with Gasteiger partial charge in [0.05, 0.1) is 22.9 Å². The van der Waals surface area contributed by atoms with Crippen molar-refractivity contribution in [2.75, 3.05) is 23.5 Å². The number of alkyl halides is 3. The first-order chi connectivity index (χ1) is 14.3. The van der Waals surface area contributed by atoms with Gasteiger partial charge in [-0.3, -0.25) is 0 Å². The molecule has 0 radical (unpaired) electrons. The van der Waals surface area contributed by atoms with E-state index in [4.69, 9.17) is 10.5 Å². The van der Waals surface area contributed by atoms with E-state index in [1.807, 2.05) is 18.2 Å². The van der Waals surface area contributed by atoms with Crippen LogP contribution in [0.25, 0.3) is 10.2 Å². The molecule has 0 bridgehead atoms. The number of halogens is 3. The number of benzene rings is 2. The molecule has 4 aromatic rings. The molecule has 0 atom stereocenters. The number of nitrogen functional groups attached to an aromatic ring is 1. The quantitative estimate of drug-likeness (QED) is 0.400. The fourth-order valence-electron chi connectivity index (χ4n) is 2.66. The van der Waals surface area contributed by atoms with E-state index in [0.29, 0.717) is 16.6 Å². The van der Waals surface area contributed by atoms with Crippen molar-refractivity contribution in [2.24, 2.45) is 0 Å². The minimum absolute atomic E-state index is 0.203. The Morgan fingerprint density at radius 3 is 2.37 bits per heavy atom. The Bertz CT molecular complexity index is 1190. The van der Waals surface area contributed by atoms with Gasteiger partial charge in [-0.2, -0.15) is 13.2 Å². The molecule has 11 heteroatoms. The highest BCUT2D eigenvalue weighted by atomic mass is 32.1. The molecule has 0 aliphatic carbocycles. The molecule has 0 aliphatic heterocycles. The molecule has 7 nitrogen and oxygen atoms in total. The molecule has 4 rings (SSSR count). The number of nitrogens with two attached hydrogens (primary N) is 1. The van der Waals surface area contributed by atoms with Gasteiger partial charge in [-0.1, -0.05) is 11.3 Å². The molecule has 2 aromatic carbocycles. The second-order valence-electron chi connectivity index (χ2n) is 6.16. The Morgan fingerprint density at radius 2 is 1.70 bits per heavy atom. The lowest BCUT2D eigenvalue weighted by Crippen LogP contribution is -2.06. The first-order valence-corrected chi connectivity index (χ1v) is 9.41. The van der Waals surface area contributed by atoms with Gasteiger partial charge >= 0.3 is 6.18 Å². The van der Waals surface area contributed by atoms with E-state index in [9.17, 15) is 13.2 Å². The summed E-state index contributed by atoms with van der Waals surface area (Å²) in [6.07, 6.45) is -3.10. The van der Waals surface area contributed by atoms with Gasteiger partial charge in [0.2, 0.25) is 0 Å². The largest absolute Gasteiger partial charge is 0.497 e. The van der Waals surface area contributed by atoms with Crippen LogP contribution < -0.4 is 21.1 Å². The SMILES string of the molecule is COc1ccc2nc(Nc3ncnc(Nc4ccc(C(F)(F)F)cc4)c3N)sc2c1. The summed E-state index contributed by atoms with van der Waals surface area (Å²) in [6.45, 7) is 0. The molecular weight excluding hydrogens is 417 g/mol.